The van der Waals surface area contributed by atoms with Crippen molar-refractivity contribution in [3.05, 3.63) is 0 Å². The molecule has 0 unspecified atom stereocenters. The first kappa shape index (κ1) is 10.4. The van der Waals surface area contributed by atoms with E-state index in [2.05, 4.69) is 20.1 Å². The minimum Gasteiger partial charge on any atom is -0.397 e. The molecule has 1 saturated heterocycles. The minimum atomic E-state index is 0. The number of nitrogens with zero attached hydrogens (tertiary/aromatic N) is 1. The predicted molar refractivity (Wildman–Crippen MR) is 48.2 cm³/mol. The Kier molecular flexibility index (Phi) is 7.81. The van der Waals surface area contributed by atoms with E-state index >= 15 is 0 Å². The summed E-state index contributed by atoms with van der Waals surface area (Å²) in [4.78, 5) is 0. The summed E-state index contributed by atoms with van der Waals surface area (Å²) in [6.45, 7) is 4.40. The molecular formula is C7H17BrNO+. The summed E-state index contributed by atoms with van der Waals surface area (Å²) < 4.78 is 2.20. The van der Waals surface area contributed by atoms with E-state index < -0.39 is 0 Å². The van der Waals surface area contributed by atoms with Crippen molar-refractivity contribution in [3.8, 4) is 0 Å². The monoisotopic (exact) mass is 210 g/mol. The molecule has 1 aliphatic heterocycles. The zero-order chi connectivity index (χ0) is 7.82. The van der Waals surface area contributed by atoms with Crippen molar-refractivity contribution in [2.75, 3.05) is 19.7 Å². The maximum absolute atomic E-state index is 7.57. The van der Waals surface area contributed by atoms with Gasteiger partial charge < -0.3 is 5.11 Å². The number of piperidine rings is 1. The Morgan fingerprint density at radius 2 is 1.80 bits per heavy atom. The summed E-state index contributed by atoms with van der Waals surface area (Å²) in [7, 11) is 0. The molecule has 2 nitrogen and oxygen atoms in total. The van der Waals surface area contributed by atoms with Crippen molar-refractivity contribution in [2.24, 2.45) is 0 Å². The number of hydrogen-bond acceptors (Lipinski definition) is 2. The van der Waals surface area contributed by atoms with E-state index in [9.17, 15) is 0 Å². The van der Waals surface area contributed by atoms with Gasteiger partial charge in [0.2, 0.25) is 0 Å². The van der Waals surface area contributed by atoms with Gasteiger partial charge in [0.25, 0.3) is 0 Å². The molecule has 1 heterocycles. The lowest BCUT2D eigenvalue weighted by Gasteiger charge is -2.18. The number of halogens is 1. The van der Waals surface area contributed by atoms with Gasteiger partial charge in [-0.3, -0.25) is 0 Å². The van der Waals surface area contributed by atoms with Crippen LogP contribution in [0.15, 0.2) is 0 Å². The first-order valence-electron chi connectivity index (χ1n) is 3.82. The van der Waals surface area contributed by atoms with Crippen LogP contribution in [0, 0.1) is 0 Å². The summed E-state index contributed by atoms with van der Waals surface area (Å²) in [5.74, 6) is 0. The number of rotatable bonds is 0. The van der Waals surface area contributed by atoms with Crippen LogP contribution in [0.3, 0.4) is 0 Å². The first-order chi connectivity index (χ1) is 4.81. The molecule has 0 radical (unpaired) electrons. The van der Waals surface area contributed by atoms with Gasteiger partial charge in [-0.25, -0.2) is 3.93 Å². The van der Waals surface area contributed by atoms with Crippen LogP contribution in [0.1, 0.15) is 27.6 Å². The van der Waals surface area contributed by atoms with Gasteiger partial charge in [0, 0.05) is 35.8 Å². The summed E-state index contributed by atoms with van der Waals surface area (Å²) in [6.07, 6.45) is 4.15. The highest BCUT2D eigenvalue weighted by atomic mass is 79.9. The molecule has 0 amide bonds. The zero-order valence-corrected chi connectivity index (χ0v) is 8.10. The third-order valence-corrected chi connectivity index (χ3v) is 2.01. The largest absolute Gasteiger partial charge is 1.00 e. The van der Waals surface area contributed by atoms with Crippen molar-refractivity contribution in [2.45, 2.75) is 26.2 Å². The van der Waals surface area contributed by atoms with Gasteiger partial charge >= 0.3 is 1.43 Å². The summed E-state index contributed by atoms with van der Waals surface area (Å²) in [5.41, 5.74) is 0. The fourth-order valence-electron chi connectivity index (χ4n) is 0.855. The van der Waals surface area contributed by atoms with Crippen LogP contribution < -0.4 is 0 Å². The summed E-state index contributed by atoms with van der Waals surface area (Å²) >= 11 is 3.42. The third-order valence-electron chi connectivity index (χ3n) is 1.30. The molecule has 1 rings (SSSR count). The molecule has 0 spiro atoms. The second kappa shape index (κ2) is 7.51. The molecule has 0 bridgehead atoms. The highest BCUT2D eigenvalue weighted by Gasteiger charge is 2.04. The summed E-state index contributed by atoms with van der Waals surface area (Å²) in [6, 6.07) is 0. The van der Waals surface area contributed by atoms with Gasteiger partial charge in [-0.15, -0.1) is 0 Å². The normalized spacial score (nSPS) is 19.5. The second-order valence-corrected chi connectivity index (χ2v) is 3.29. The molecule has 3 heteroatoms. The molecule has 0 saturated carbocycles. The second-order valence-electron chi connectivity index (χ2n) is 2.29. The van der Waals surface area contributed by atoms with Crippen LogP contribution in [-0.2, 0) is 0 Å². The minimum absolute atomic E-state index is 0. The molecule has 1 N–H and O–H groups in total. The number of aliphatic hydroxyl groups is 1. The van der Waals surface area contributed by atoms with Gasteiger partial charge in [0.1, 0.15) is 0 Å². The Balaban J connectivity index is 0. The van der Waals surface area contributed by atoms with Crippen LogP contribution in [0.4, 0.5) is 0 Å². The average Bonchev–Trinajstić information content (AvgIpc) is 1.91. The third kappa shape index (κ3) is 6.52. The van der Waals surface area contributed by atoms with E-state index in [0.29, 0.717) is 0 Å². The lowest BCUT2D eigenvalue weighted by Crippen LogP contribution is -2.18. The fourth-order valence-corrected chi connectivity index (χ4v) is 1.36. The van der Waals surface area contributed by atoms with Crippen LogP contribution in [0.2, 0.25) is 0 Å². The smallest absolute Gasteiger partial charge is 0.397 e. The van der Waals surface area contributed by atoms with Crippen molar-refractivity contribution >= 4 is 16.1 Å². The van der Waals surface area contributed by atoms with E-state index in [1.807, 2.05) is 0 Å². The molecule has 0 aromatic carbocycles. The van der Waals surface area contributed by atoms with E-state index in [0.717, 1.165) is 0 Å². The van der Waals surface area contributed by atoms with Crippen molar-refractivity contribution in [1.29, 1.82) is 0 Å². The quantitative estimate of drug-likeness (QED) is 0.618. The Labute approximate surface area is 73.0 Å². The van der Waals surface area contributed by atoms with Crippen molar-refractivity contribution < 1.29 is 6.53 Å². The fraction of sp³-hybridized carbons (Fsp3) is 1.00. The molecule has 1 fully saturated rings. The van der Waals surface area contributed by atoms with Crippen LogP contribution >= 0.6 is 16.1 Å². The van der Waals surface area contributed by atoms with Gasteiger partial charge in [-0.1, -0.05) is 6.42 Å². The maximum atomic E-state index is 7.57. The Hall–Kier alpha value is 0.400. The van der Waals surface area contributed by atoms with Crippen LogP contribution in [-0.4, -0.2) is 28.7 Å². The first-order valence-corrected chi connectivity index (χ1v) is 4.53. The molecule has 0 aliphatic carbocycles. The SMILES string of the molecule is BrN1CCCCC1.CCO.[H+]. The number of hydrogen-bond donors (Lipinski definition) is 1. The van der Waals surface area contributed by atoms with Gasteiger partial charge in [0.15, 0.2) is 0 Å². The average molecular weight is 211 g/mol. The molecule has 0 aromatic rings. The van der Waals surface area contributed by atoms with E-state index in [4.69, 9.17) is 5.11 Å². The Morgan fingerprint density at radius 1 is 1.40 bits per heavy atom. The van der Waals surface area contributed by atoms with Gasteiger partial charge in [-0.2, -0.15) is 0 Å². The van der Waals surface area contributed by atoms with Gasteiger partial charge in [-0.05, 0) is 19.8 Å². The lowest BCUT2D eigenvalue weighted by atomic mass is 10.2. The van der Waals surface area contributed by atoms with E-state index in [-0.39, 0.29) is 8.03 Å². The zero-order valence-electron chi connectivity index (χ0n) is 7.52. The molecule has 62 valence electrons. The topological polar surface area (TPSA) is 23.5 Å². The highest BCUT2D eigenvalue weighted by molar-refractivity contribution is 9.07. The Bertz CT molecular complexity index is 69.5. The van der Waals surface area contributed by atoms with Crippen LogP contribution in [0.25, 0.3) is 0 Å². The van der Waals surface area contributed by atoms with Crippen molar-refractivity contribution in [3.63, 3.8) is 0 Å². The molecule has 10 heavy (non-hydrogen) atoms. The van der Waals surface area contributed by atoms with Gasteiger partial charge in [0.05, 0.1) is 0 Å². The maximum Gasteiger partial charge on any atom is 1.00 e. The van der Waals surface area contributed by atoms with Crippen molar-refractivity contribution in [1.82, 2.24) is 3.93 Å². The Morgan fingerprint density at radius 3 is 2.00 bits per heavy atom. The number of aliphatic hydroxyl groups excluding tert-OH is 1. The molecule has 0 aromatic heterocycles. The lowest BCUT2D eigenvalue weighted by molar-refractivity contribution is 0.318. The molecule has 1 aliphatic rings. The standard InChI is InChI=1S/C5H10BrN.C2H6O/c6-7-4-2-1-3-5-7;1-2-3/h1-5H2;3H,2H2,1H3/p+1. The molecule has 0 atom stereocenters. The van der Waals surface area contributed by atoms with Crippen LogP contribution in [0.5, 0.6) is 0 Å². The predicted octanol–water partition coefficient (Wildman–Crippen LogP) is 1.89. The van der Waals surface area contributed by atoms with E-state index in [1.54, 1.807) is 6.92 Å². The van der Waals surface area contributed by atoms with E-state index in [1.165, 1.54) is 32.4 Å². The highest BCUT2D eigenvalue weighted by Crippen LogP contribution is 2.10. The summed E-state index contributed by atoms with van der Waals surface area (Å²) in [5, 5.41) is 7.57. The molecular weight excluding hydrogens is 194 g/mol.